The number of carbonyl (C=O) groups is 1. The highest BCUT2D eigenvalue weighted by Crippen LogP contribution is 2.30. The normalized spacial score (nSPS) is 11.9. The first-order chi connectivity index (χ1) is 14.7. The Hall–Kier alpha value is -2.29. The Bertz CT molecular complexity index is 1150. The number of hydrogen-bond acceptors (Lipinski definition) is 6. The van der Waals surface area contributed by atoms with Crippen LogP contribution in [-0.4, -0.2) is 57.1 Å². The first-order valence-corrected chi connectivity index (χ1v) is 12.7. The first kappa shape index (κ1) is 23.4. The highest BCUT2D eigenvalue weighted by Gasteiger charge is 2.21. The van der Waals surface area contributed by atoms with Crippen LogP contribution in [0.2, 0.25) is 0 Å². The summed E-state index contributed by atoms with van der Waals surface area (Å²) >= 11 is 1.49. The second kappa shape index (κ2) is 9.89. The van der Waals surface area contributed by atoms with Crippen molar-refractivity contribution in [1.29, 1.82) is 0 Å². The molecule has 0 radical (unpaired) electrons. The molecule has 0 spiro atoms. The fraction of sp³-hybridized carbons (Fsp3) is 0.391. The molecule has 3 rings (SSSR count). The maximum Gasteiger partial charge on any atom is 0.228 e. The molecule has 1 heterocycles. The molecule has 31 heavy (non-hydrogen) atoms. The van der Waals surface area contributed by atoms with Crippen LogP contribution in [-0.2, 0) is 14.6 Å². The van der Waals surface area contributed by atoms with Gasteiger partial charge >= 0.3 is 0 Å². The number of rotatable bonds is 9. The third-order valence-corrected chi connectivity index (χ3v) is 7.88. The Morgan fingerprint density at radius 3 is 2.35 bits per heavy atom. The quantitative estimate of drug-likeness (QED) is 0.483. The molecule has 0 aliphatic rings. The van der Waals surface area contributed by atoms with E-state index >= 15 is 0 Å². The van der Waals surface area contributed by atoms with Crippen LogP contribution in [0, 0.1) is 13.8 Å². The van der Waals surface area contributed by atoms with Gasteiger partial charge in [-0.3, -0.25) is 9.69 Å². The van der Waals surface area contributed by atoms with E-state index in [9.17, 15) is 13.2 Å². The molecule has 1 amide bonds. The summed E-state index contributed by atoms with van der Waals surface area (Å²) in [6, 6.07) is 12.9. The van der Waals surface area contributed by atoms with Crippen LogP contribution in [0.25, 0.3) is 10.2 Å². The molecule has 0 aliphatic heterocycles. The van der Waals surface area contributed by atoms with Gasteiger partial charge in [0.1, 0.15) is 0 Å². The van der Waals surface area contributed by atoms with Gasteiger partial charge in [-0.2, -0.15) is 0 Å². The number of likely N-dealkylation sites (N-methyl/N-ethyl adjacent to an activating group) is 1. The zero-order valence-corrected chi connectivity index (χ0v) is 20.1. The number of sulfone groups is 1. The molecule has 166 valence electrons. The summed E-state index contributed by atoms with van der Waals surface area (Å²) in [5.41, 5.74) is 3.03. The van der Waals surface area contributed by atoms with Crippen LogP contribution >= 0.6 is 11.3 Å². The van der Waals surface area contributed by atoms with Crippen LogP contribution in [0.3, 0.4) is 0 Å². The van der Waals surface area contributed by atoms with Gasteiger partial charge in [-0.25, -0.2) is 13.4 Å². The highest BCUT2D eigenvalue weighted by molar-refractivity contribution is 7.91. The standard InChI is InChI=1S/C23H29N3O3S2/c1-17-7-10-19(11-8-17)31(28,29)15-5-6-22(27)26(14-13-25(3)4)23-24-20-12-9-18(2)16-21(20)30-23/h7-12,16H,5-6,13-15H2,1-4H3. The van der Waals surface area contributed by atoms with E-state index < -0.39 is 9.84 Å². The summed E-state index contributed by atoms with van der Waals surface area (Å²) in [5, 5.41) is 0.661. The minimum Gasteiger partial charge on any atom is -0.308 e. The first-order valence-electron chi connectivity index (χ1n) is 10.3. The second-order valence-corrected chi connectivity index (χ2v) is 11.2. The lowest BCUT2D eigenvalue weighted by molar-refractivity contribution is -0.118. The number of benzene rings is 2. The van der Waals surface area contributed by atoms with Gasteiger partial charge < -0.3 is 4.90 Å². The average molecular weight is 460 g/mol. The van der Waals surface area contributed by atoms with E-state index in [0.717, 1.165) is 21.3 Å². The van der Waals surface area contributed by atoms with E-state index in [1.807, 2.05) is 45.0 Å². The molecule has 0 atom stereocenters. The van der Waals surface area contributed by atoms with Gasteiger partial charge in [-0.15, -0.1) is 0 Å². The molecule has 0 fully saturated rings. The summed E-state index contributed by atoms with van der Waals surface area (Å²) < 4.78 is 26.2. The molecule has 0 unspecified atom stereocenters. The van der Waals surface area contributed by atoms with Crippen LogP contribution in [0.1, 0.15) is 24.0 Å². The summed E-state index contributed by atoms with van der Waals surface area (Å²) in [6.45, 7) is 5.15. The van der Waals surface area contributed by atoms with Crippen molar-refractivity contribution in [3.63, 3.8) is 0 Å². The monoisotopic (exact) mass is 459 g/mol. The van der Waals surface area contributed by atoms with Gasteiger partial charge in [-0.1, -0.05) is 35.1 Å². The average Bonchev–Trinajstić information content (AvgIpc) is 3.10. The van der Waals surface area contributed by atoms with Gasteiger partial charge in [0.15, 0.2) is 15.0 Å². The third kappa shape index (κ3) is 6.12. The summed E-state index contributed by atoms with van der Waals surface area (Å²) in [4.78, 5) is 21.7. The van der Waals surface area contributed by atoms with Crippen molar-refractivity contribution in [2.45, 2.75) is 31.6 Å². The molecule has 0 aliphatic carbocycles. The number of nitrogens with zero attached hydrogens (tertiary/aromatic N) is 3. The number of aromatic nitrogens is 1. The number of amides is 1. The predicted molar refractivity (Wildman–Crippen MR) is 128 cm³/mol. The van der Waals surface area contributed by atoms with E-state index in [2.05, 4.69) is 11.1 Å². The van der Waals surface area contributed by atoms with Gasteiger partial charge in [0.25, 0.3) is 0 Å². The lowest BCUT2D eigenvalue weighted by Crippen LogP contribution is -2.36. The molecule has 6 nitrogen and oxygen atoms in total. The maximum atomic E-state index is 13.0. The van der Waals surface area contributed by atoms with Gasteiger partial charge in [0, 0.05) is 19.5 Å². The molecule has 0 bridgehead atoms. The van der Waals surface area contributed by atoms with E-state index in [4.69, 9.17) is 0 Å². The van der Waals surface area contributed by atoms with Crippen molar-refractivity contribution < 1.29 is 13.2 Å². The van der Waals surface area contributed by atoms with Gasteiger partial charge in [-0.05, 0) is 64.2 Å². The smallest absolute Gasteiger partial charge is 0.228 e. The number of thiazole rings is 1. The molecule has 3 aromatic rings. The number of fused-ring (bicyclic) bond motifs is 1. The van der Waals surface area contributed by atoms with Crippen molar-refractivity contribution in [1.82, 2.24) is 9.88 Å². The lowest BCUT2D eigenvalue weighted by Gasteiger charge is -2.22. The molecule has 0 saturated heterocycles. The van der Waals surface area contributed by atoms with E-state index in [1.54, 1.807) is 29.2 Å². The van der Waals surface area contributed by atoms with E-state index in [0.29, 0.717) is 23.1 Å². The molecular formula is C23H29N3O3S2. The number of carbonyl (C=O) groups excluding carboxylic acids is 1. The van der Waals surface area contributed by atoms with Gasteiger partial charge in [0.2, 0.25) is 5.91 Å². The van der Waals surface area contributed by atoms with Crippen molar-refractivity contribution in [2.75, 3.05) is 37.8 Å². The molecular weight excluding hydrogens is 430 g/mol. The van der Waals surface area contributed by atoms with Crippen LogP contribution < -0.4 is 4.90 Å². The van der Waals surface area contributed by atoms with Crippen molar-refractivity contribution in [3.8, 4) is 0 Å². The Morgan fingerprint density at radius 1 is 1.00 bits per heavy atom. The number of aryl methyl sites for hydroxylation is 2. The molecule has 1 aromatic heterocycles. The van der Waals surface area contributed by atoms with Crippen LogP contribution in [0.5, 0.6) is 0 Å². The molecule has 8 heteroatoms. The minimum atomic E-state index is -3.41. The topological polar surface area (TPSA) is 70.6 Å². The van der Waals surface area contributed by atoms with E-state index in [1.165, 1.54) is 11.3 Å². The molecule has 0 N–H and O–H groups in total. The van der Waals surface area contributed by atoms with Gasteiger partial charge in [0.05, 0.1) is 20.9 Å². The Balaban J connectivity index is 1.71. The maximum absolute atomic E-state index is 13.0. The predicted octanol–water partition coefficient (Wildman–Crippen LogP) is 4.06. The fourth-order valence-electron chi connectivity index (χ4n) is 3.17. The fourth-order valence-corrected chi connectivity index (χ4v) is 5.59. The SMILES string of the molecule is Cc1ccc(S(=O)(=O)CCCC(=O)N(CCN(C)C)c2nc3ccc(C)cc3s2)cc1. The third-order valence-electron chi connectivity index (χ3n) is 5.02. The Kier molecular flexibility index (Phi) is 7.46. The summed E-state index contributed by atoms with van der Waals surface area (Å²) in [5.74, 6) is -0.153. The second-order valence-electron chi connectivity index (χ2n) is 8.05. The lowest BCUT2D eigenvalue weighted by atomic mass is 10.2. The van der Waals surface area contributed by atoms with Crippen molar-refractivity contribution in [2.24, 2.45) is 0 Å². The van der Waals surface area contributed by atoms with Crippen molar-refractivity contribution >= 4 is 42.4 Å². The minimum absolute atomic E-state index is 0.0532. The van der Waals surface area contributed by atoms with Crippen LogP contribution in [0.4, 0.5) is 5.13 Å². The van der Waals surface area contributed by atoms with Crippen molar-refractivity contribution in [3.05, 3.63) is 53.6 Å². The van der Waals surface area contributed by atoms with Crippen LogP contribution in [0.15, 0.2) is 47.4 Å². The Morgan fingerprint density at radius 2 is 1.68 bits per heavy atom. The molecule has 2 aromatic carbocycles. The number of hydrogen-bond donors (Lipinski definition) is 0. The zero-order chi connectivity index (χ0) is 22.6. The highest BCUT2D eigenvalue weighted by atomic mass is 32.2. The van der Waals surface area contributed by atoms with E-state index in [-0.39, 0.29) is 24.5 Å². The molecule has 0 saturated carbocycles. The largest absolute Gasteiger partial charge is 0.308 e. The number of anilines is 1. The summed E-state index contributed by atoms with van der Waals surface area (Å²) in [6.07, 6.45) is 0.435. The Labute approximate surface area is 188 Å². The summed E-state index contributed by atoms with van der Waals surface area (Å²) in [7, 11) is 0.508. The zero-order valence-electron chi connectivity index (χ0n) is 18.5.